The standard InChI is InChI=1S/C17H24N2O3S/c1-3-15-17(11-9-16(20)18-17)10-6-12-19(15)23(21,22)14-8-5-4-7-13(14)2/h4-5,7-8,15H,3,6,9-12H2,1-2H3,(H,18,20)/t15-,17+/m0/s1. The summed E-state index contributed by atoms with van der Waals surface area (Å²) >= 11 is 0. The van der Waals surface area contributed by atoms with Crippen molar-refractivity contribution in [3.8, 4) is 0 Å². The Morgan fingerprint density at radius 3 is 2.65 bits per heavy atom. The number of amides is 1. The van der Waals surface area contributed by atoms with Gasteiger partial charge in [0.1, 0.15) is 0 Å². The first-order valence-electron chi connectivity index (χ1n) is 8.29. The fourth-order valence-corrected chi connectivity index (χ4v) is 6.21. The summed E-state index contributed by atoms with van der Waals surface area (Å²) in [5, 5.41) is 3.09. The van der Waals surface area contributed by atoms with Crippen LogP contribution in [0.15, 0.2) is 29.2 Å². The van der Waals surface area contributed by atoms with Gasteiger partial charge in [-0.1, -0.05) is 25.1 Å². The van der Waals surface area contributed by atoms with Gasteiger partial charge in [-0.15, -0.1) is 0 Å². The zero-order valence-electron chi connectivity index (χ0n) is 13.7. The SMILES string of the molecule is CC[C@@H]1N(S(=O)(=O)c2ccccc2C)CCC[C@@]12CCC(=O)N2. The predicted octanol–water partition coefficient (Wildman–Crippen LogP) is 2.21. The van der Waals surface area contributed by atoms with Crippen molar-refractivity contribution in [2.75, 3.05) is 6.54 Å². The molecule has 23 heavy (non-hydrogen) atoms. The van der Waals surface area contributed by atoms with Gasteiger partial charge in [0.15, 0.2) is 0 Å². The average Bonchev–Trinajstić information content (AvgIpc) is 2.88. The van der Waals surface area contributed by atoms with Gasteiger partial charge in [0.25, 0.3) is 0 Å². The lowest BCUT2D eigenvalue weighted by Crippen LogP contribution is -2.63. The highest BCUT2D eigenvalue weighted by Gasteiger charge is 2.51. The molecule has 2 heterocycles. The summed E-state index contributed by atoms with van der Waals surface area (Å²) in [6.45, 7) is 4.35. The highest BCUT2D eigenvalue weighted by atomic mass is 32.2. The first-order valence-corrected chi connectivity index (χ1v) is 9.73. The summed E-state index contributed by atoms with van der Waals surface area (Å²) in [6.07, 6.45) is 3.56. The molecule has 126 valence electrons. The second kappa shape index (κ2) is 5.91. The quantitative estimate of drug-likeness (QED) is 0.920. The van der Waals surface area contributed by atoms with Crippen molar-refractivity contribution in [1.29, 1.82) is 0 Å². The monoisotopic (exact) mass is 336 g/mol. The normalized spacial score (nSPS) is 29.0. The van der Waals surface area contributed by atoms with E-state index in [0.29, 0.717) is 24.3 Å². The molecule has 1 amide bonds. The van der Waals surface area contributed by atoms with Crippen LogP contribution < -0.4 is 5.32 Å². The summed E-state index contributed by atoms with van der Waals surface area (Å²) in [5.41, 5.74) is 0.372. The van der Waals surface area contributed by atoms with Gasteiger partial charge in [0.2, 0.25) is 15.9 Å². The fourth-order valence-electron chi connectivity index (χ4n) is 4.18. The number of rotatable bonds is 3. The summed E-state index contributed by atoms with van der Waals surface area (Å²) in [7, 11) is -3.55. The molecule has 2 saturated heterocycles. The lowest BCUT2D eigenvalue weighted by atomic mass is 9.80. The molecule has 1 spiro atoms. The maximum absolute atomic E-state index is 13.2. The lowest BCUT2D eigenvalue weighted by molar-refractivity contribution is -0.120. The fraction of sp³-hybridized carbons (Fsp3) is 0.588. The molecule has 0 aliphatic carbocycles. The lowest BCUT2D eigenvalue weighted by Gasteiger charge is -2.47. The summed E-state index contributed by atoms with van der Waals surface area (Å²) in [4.78, 5) is 12.2. The van der Waals surface area contributed by atoms with Gasteiger partial charge in [0, 0.05) is 19.0 Å². The molecule has 1 aromatic rings. The van der Waals surface area contributed by atoms with Crippen molar-refractivity contribution in [2.24, 2.45) is 0 Å². The van der Waals surface area contributed by atoms with E-state index >= 15 is 0 Å². The van der Waals surface area contributed by atoms with Crippen LogP contribution in [0.5, 0.6) is 0 Å². The Morgan fingerprint density at radius 1 is 1.30 bits per heavy atom. The van der Waals surface area contributed by atoms with Crippen LogP contribution >= 0.6 is 0 Å². The molecule has 0 unspecified atom stereocenters. The van der Waals surface area contributed by atoms with E-state index in [1.807, 2.05) is 26.0 Å². The Labute approximate surface area is 138 Å². The smallest absolute Gasteiger partial charge is 0.243 e. The third kappa shape index (κ3) is 2.68. The van der Waals surface area contributed by atoms with Gasteiger partial charge in [-0.2, -0.15) is 4.31 Å². The summed E-state index contributed by atoms with van der Waals surface area (Å²) in [6, 6.07) is 6.93. The van der Waals surface area contributed by atoms with E-state index in [9.17, 15) is 13.2 Å². The molecule has 2 aliphatic heterocycles. The second-order valence-corrected chi connectivity index (χ2v) is 8.47. The Kier molecular flexibility index (Phi) is 4.23. The van der Waals surface area contributed by atoms with Crippen molar-refractivity contribution in [1.82, 2.24) is 9.62 Å². The minimum atomic E-state index is -3.55. The van der Waals surface area contributed by atoms with Gasteiger partial charge >= 0.3 is 0 Å². The highest BCUT2D eigenvalue weighted by Crippen LogP contribution is 2.39. The molecule has 5 nitrogen and oxygen atoms in total. The molecule has 0 aromatic heterocycles. The van der Waals surface area contributed by atoms with Crippen LogP contribution in [0.25, 0.3) is 0 Å². The van der Waals surface area contributed by atoms with Crippen molar-refractivity contribution in [2.45, 2.75) is 62.4 Å². The number of sulfonamides is 1. The molecular weight excluding hydrogens is 312 g/mol. The molecule has 6 heteroatoms. The van der Waals surface area contributed by atoms with Crippen LogP contribution in [-0.2, 0) is 14.8 Å². The third-order valence-corrected chi connectivity index (χ3v) is 7.31. The van der Waals surface area contributed by atoms with E-state index < -0.39 is 10.0 Å². The van der Waals surface area contributed by atoms with Crippen LogP contribution in [0.3, 0.4) is 0 Å². The van der Waals surface area contributed by atoms with E-state index in [0.717, 1.165) is 24.8 Å². The van der Waals surface area contributed by atoms with Crippen LogP contribution in [-0.4, -0.2) is 36.8 Å². The van der Waals surface area contributed by atoms with E-state index in [-0.39, 0.29) is 17.5 Å². The largest absolute Gasteiger partial charge is 0.349 e. The Bertz CT molecular complexity index is 716. The Hall–Kier alpha value is -1.40. The molecule has 1 N–H and O–H groups in total. The molecule has 2 atom stereocenters. The topological polar surface area (TPSA) is 66.5 Å². The van der Waals surface area contributed by atoms with Gasteiger partial charge in [0.05, 0.1) is 10.4 Å². The number of benzene rings is 1. The molecular formula is C17H24N2O3S. The first kappa shape index (κ1) is 16.5. The molecule has 0 saturated carbocycles. The number of carbonyl (C=O) groups is 1. The molecule has 0 bridgehead atoms. The van der Waals surface area contributed by atoms with Crippen molar-refractivity contribution >= 4 is 15.9 Å². The highest BCUT2D eigenvalue weighted by molar-refractivity contribution is 7.89. The van der Waals surface area contributed by atoms with Crippen LogP contribution in [0.2, 0.25) is 0 Å². The number of nitrogens with one attached hydrogen (secondary N) is 1. The number of hydrogen-bond acceptors (Lipinski definition) is 3. The van der Waals surface area contributed by atoms with E-state index in [4.69, 9.17) is 0 Å². The van der Waals surface area contributed by atoms with Crippen molar-refractivity contribution in [3.63, 3.8) is 0 Å². The van der Waals surface area contributed by atoms with E-state index in [2.05, 4.69) is 5.32 Å². The maximum atomic E-state index is 13.2. The zero-order valence-corrected chi connectivity index (χ0v) is 14.5. The number of carbonyl (C=O) groups excluding carboxylic acids is 1. The van der Waals surface area contributed by atoms with Crippen LogP contribution in [0, 0.1) is 6.92 Å². The Morgan fingerprint density at radius 2 is 2.04 bits per heavy atom. The van der Waals surface area contributed by atoms with Gasteiger partial charge in [-0.05, 0) is 44.2 Å². The predicted molar refractivity (Wildman–Crippen MR) is 88.5 cm³/mol. The molecule has 1 aromatic carbocycles. The summed E-state index contributed by atoms with van der Waals surface area (Å²) in [5.74, 6) is 0.0404. The minimum absolute atomic E-state index is 0.0404. The second-order valence-electron chi connectivity index (χ2n) is 6.61. The molecule has 0 radical (unpaired) electrons. The van der Waals surface area contributed by atoms with Gasteiger partial charge < -0.3 is 5.32 Å². The number of aryl methyl sites for hydroxylation is 1. The molecule has 3 rings (SSSR count). The Balaban J connectivity index is 2.01. The first-order chi connectivity index (χ1) is 10.9. The number of hydrogen-bond donors (Lipinski definition) is 1. The van der Waals surface area contributed by atoms with Gasteiger partial charge in [-0.25, -0.2) is 8.42 Å². The molecule has 2 aliphatic rings. The number of nitrogens with zero attached hydrogens (tertiary/aromatic N) is 1. The molecule has 2 fully saturated rings. The van der Waals surface area contributed by atoms with Gasteiger partial charge in [-0.3, -0.25) is 4.79 Å². The minimum Gasteiger partial charge on any atom is -0.349 e. The van der Waals surface area contributed by atoms with Crippen LogP contribution in [0.4, 0.5) is 0 Å². The van der Waals surface area contributed by atoms with Crippen LogP contribution in [0.1, 0.15) is 44.6 Å². The zero-order chi connectivity index (χ0) is 16.7. The van der Waals surface area contributed by atoms with E-state index in [1.165, 1.54) is 0 Å². The third-order valence-electron chi connectivity index (χ3n) is 5.24. The van der Waals surface area contributed by atoms with Crippen molar-refractivity contribution in [3.05, 3.63) is 29.8 Å². The van der Waals surface area contributed by atoms with E-state index in [1.54, 1.807) is 16.4 Å². The summed E-state index contributed by atoms with van der Waals surface area (Å²) < 4.78 is 28.1. The maximum Gasteiger partial charge on any atom is 0.243 e. The number of piperidine rings is 1. The average molecular weight is 336 g/mol. The van der Waals surface area contributed by atoms with Crippen molar-refractivity contribution < 1.29 is 13.2 Å².